The van der Waals surface area contributed by atoms with Gasteiger partial charge in [-0.3, -0.25) is 4.90 Å². The largest absolute Gasteiger partial charge is 0.495 e. The number of thiophene rings is 1. The van der Waals surface area contributed by atoms with E-state index in [0.29, 0.717) is 0 Å². The number of anilines is 1. The molecule has 0 atom stereocenters. The molecule has 1 aliphatic heterocycles. The summed E-state index contributed by atoms with van der Waals surface area (Å²) in [5.41, 5.74) is 3.61. The van der Waals surface area contributed by atoms with E-state index >= 15 is 0 Å². The van der Waals surface area contributed by atoms with Crippen LogP contribution in [0, 0.1) is 0 Å². The van der Waals surface area contributed by atoms with Gasteiger partial charge in [-0.05, 0) is 42.1 Å². The molecule has 4 heterocycles. The maximum atomic E-state index is 5.55. The van der Waals surface area contributed by atoms with Crippen LogP contribution in [0.5, 0.6) is 5.75 Å². The smallest absolute Gasteiger partial charge is 0.154 e. The molecular formula is C25H27N5OS. The van der Waals surface area contributed by atoms with Gasteiger partial charge in [-0.15, -0.1) is 11.3 Å². The fourth-order valence-corrected chi connectivity index (χ4v) is 5.07. The Morgan fingerprint density at radius 2 is 1.81 bits per heavy atom. The number of para-hydroxylation sites is 2. The van der Waals surface area contributed by atoms with Crippen molar-refractivity contribution in [2.45, 2.75) is 6.42 Å². The second-order valence-electron chi connectivity index (χ2n) is 7.85. The van der Waals surface area contributed by atoms with Gasteiger partial charge in [0.1, 0.15) is 5.75 Å². The van der Waals surface area contributed by atoms with Crippen LogP contribution < -0.4 is 9.64 Å². The zero-order chi connectivity index (χ0) is 21.8. The van der Waals surface area contributed by atoms with E-state index < -0.39 is 0 Å². The van der Waals surface area contributed by atoms with E-state index in [1.807, 2.05) is 47.4 Å². The molecule has 0 saturated carbocycles. The molecule has 32 heavy (non-hydrogen) atoms. The fraction of sp³-hybridized carbons (Fsp3) is 0.280. The average Bonchev–Trinajstić information content (AvgIpc) is 3.53. The number of benzene rings is 1. The molecule has 4 aromatic rings. The maximum absolute atomic E-state index is 5.55. The SMILES string of the molecule is COc1ccccc1N1CCN(CCc2cnn(-c3ccccn3)c2-c2cccs2)CC1. The molecule has 0 unspecified atom stereocenters. The number of ether oxygens (including phenoxy) is 1. The van der Waals surface area contributed by atoms with Crippen molar-refractivity contribution in [1.82, 2.24) is 19.7 Å². The third-order valence-corrected chi connectivity index (χ3v) is 6.84. The van der Waals surface area contributed by atoms with Gasteiger partial charge in [0.2, 0.25) is 0 Å². The van der Waals surface area contributed by atoms with Crippen molar-refractivity contribution in [1.29, 1.82) is 0 Å². The van der Waals surface area contributed by atoms with Crippen LogP contribution in [0.25, 0.3) is 16.4 Å². The van der Waals surface area contributed by atoms with Crippen LogP contribution in [-0.4, -0.2) is 59.5 Å². The number of aromatic nitrogens is 3. The number of pyridine rings is 1. The van der Waals surface area contributed by atoms with Crippen molar-refractivity contribution >= 4 is 17.0 Å². The summed E-state index contributed by atoms with van der Waals surface area (Å²) in [6.07, 6.45) is 4.79. The van der Waals surface area contributed by atoms with Crippen LogP contribution in [0.3, 0.4) is 0 Å². The lowest BCUT2D eigenvalue weighted by molar-refractivity contribution is 0.260. The first kappa shape index (κ1) is 20.7. The predicted octanol–water partition coefficient (Wildman–Crippen LogP) is 4.37. The number of rotatable bonds is 7. The summed E-state index contributed by atoms with van der Waals surface area (Å²) < 4.78 is 7.52. The summed E-state index contributed by atoms with van der Waals surface area (Å²) in [4.78, 5) is 10.7. The molecule has 0 amide bonds. The van der Waals surface area contributed by atoms with Crippen molar-refractivity contribution in [3.05, 3.63) is 77.9 Å². The highest BCUT2D eigenvalue weighted by Gasteiger charge is 2.21. The molecule has 164 valence electrons. The van der Waals surface area contributed by atoms with Crippen LogP contribution in [0.15, 0.2) is 72.4 Å². The van der Waals surface area contributed by atoms with Crippen LogP contribution in [0.2, 0.25) is 0 Å². The summed E-state index contributed by atoms with van der Waals surface area (Å²) in [7, 11) is 1.74. The van der Waals surface area contributed by atoms with Crippen molar-refractivity contribution in [3.63, 3.8) is 0 Å². The molecule has 1 fully saturated rings. The first-order chi connectivity index (χ1) is 15.8. The van der Waals surface area contributed by atoms with E-state index in [0.717, 1.165) is 56.4 Å². The number of piperazine rings is 1. The standard InChI is InChI=1S/C25H27N5OS/c1-31-22-8-3-2-7-21(22)29-16-14-28(15-17-29)13-11-20-19-27-30(24-10-4-5-12-26-24)25(20)23-9-6-18-32-23/h2-10,12,18-19H,11,13-17H2,1H3. The predicted molar refractivity (Wildman–Crippen MR) is 130 cm³/mol. The molecule has 1 aromatic carbocycles. The first-order valence-corrected chi connectivity index (χ1v) is 11.8. The van der Waals surface area contributed by atoms with Gasteiger partial charge >= 0.3 is 0 Å². The number of methoxy groups -OCH3 is 1. The average molecular weight is 446 g/mol. The molecule has 1 saturated heterocycles. The Hall–Kier alpha value is -3.16. The van der Waals surface area contributed by atoms with Gasteiger partial charge in [0, 0.05) is 44.5 Å². The molecule has 0 N–H and O–H groups in total. The van der Waals surface area contributed by atoms with Crippen molar-refractivity contribution in [2.24, 2.45) is 0 Å². The summed E-state index contributed by atoms with van der Waals surface area (Å²) in [5, 5.41) is 6.81. The second kappa shape index (κ2) is 9.54. The Bertz CT molecular complexity index is 1130. The Morgan fingerprint density at radius 1 is 0.969 bits per heavy atom. The van der Waals surface area contributed by atoms with Gasteiger partial charge in [0.25, 0.3) is 0 Å². The molecule has 7 heteroatoms. The van der Waals surface area contributed by atoms with Crippen LogP contribution >= 0.6 is 11.3 Å². The number of hydrogen-bond acceptors (Lipinski definition) is 6. The second-order valence-corrected chi connectivity index (χ2v) is 8.79. The lowest BCUT2D eigenvalue weighted by Crippen LogP contribution is -2.47. The molecule has 1 aliphatic rings. The Balaban J connectivity index is 1.28. The lowest BCUT2D eigenvalue weighted by Gasteiger charge is -2.36. The third-order valence-electron chi connectivity index (χ3n) is 5.96. The van der Waals surface area contributed by atoms with Gasteiger partial charge in [0.05, 0.1) is 29.6 Å². The summed E-state index contributed by atoms with van der Waals surface area (Å²) in [5.74, 6) is 1.80. The normalized spacial score (nSPS) is 14.6. The fourth-order valence-electron chi connectivity index (χ4n) is 4.28. The molecule has 5 rings (SSSR count). The summed E-state index contributed by atoms with van der Waals surface area (Å²) in [6, 6.07) is 18.5. The zero-order valence-electron chi connectivity index (χ0n) is 18.2. The maximum Gasteiger partial charge on any atom is 0.154 e. The van der Waals surface area contributed by atoms with Crippen molar-refractivity contribution in [2.75, 3.05) is 44.7 Å². The van der Waals surface area contributed by atoms with Crippen molar-refractivity contribution in [3.8, 4) is 22.1 Å². The molecule has 3 aromatic heterocycles. The topological polar surface area (TPSA) is 46.4 Å². The van der Waals surface area contributed by atoms with Crippen LogP contribution in [-0.2, 0) is 6.42 Å². The summed E-state index contributed by atoms with van der Waals surface area (Å²) in [6.45, 7) is 5.12. The minimum atomic E-state index is 0.854. The lowest BCUT2D eigenvalue weighted by atomic mass is 10.1. The highest BCUT2D eigenvalue weighted by Crippen LogP contribution is 2.31. The molecule has 6 nitrogen and oxygen atoms in total. The highest BCUT2D eigenvalue weighted by molar-refractivity contribution is 7.13. The Labute approximate surface area is 192 Å². The van der Waals surface area contributed by atoms with E-state index in [-0.39, 0.29) is 0 Å². The van der Waals surface area contributed by atoms with Gasteiger partial charge in [-0.25, -0.2) is 9.67 Å². The van der Waals surface area contributed by atoms with E-state index in [4.69, 9.17) is 9.84 Å². The van der Waals surface area contributed by atoms with E-state index in [1.54, 1.807) is 18.4 Å². The minimum Gasteiger partial charge on any atom is -0.495 e. The molecule has 0 spiro atoms. The quantitative estimate of drug-likeness (QED) is 0.423. The van der Waals surface area contributed by atoms with Crippen LogP contribution in [0.1, 0.15) is 5.56 Å². The Morgan fingerprint density at radius 3 is 2.56 bits per heavy atom. The molecule has 0 bridgehead atoms. The minimum absolute atomic E-state index is 0.854. The molecule has 0 radical (unpaired) electrons. The number of hydrogen-bond donors (Lipinski definition) is 0. The van der Waals surface area contributed by atoms with E-state index in [2.05, 4.69) is 44.4 Å². The molecular weight excluding hydrogens is 418 g/mol. The van der Waals surface area contributed by atoms with Gasteiger partial charge in [-0.2, -0.15) is 5.10 Å². The van der Waals surface area contributed by atoms with Crippen LogP contribution in [0.4, 0.5) is 5.69 Å². The van der Waals surface area contributed by atoms with Gasteiger partial charge < -0.3 is 9.64 Å². The van der Waals surface area contributed by atoms with Gasteiger partial charge in [0.15, 0.2) is 5.82 Å². The number of nitrogens with zero attached hydrogens (tertiary/aromatic N) is 5. The zero-order valence-corrected chi connectivity index (χ0v) is 19.0. The van der Waals surface area contributed by atoms with Gasteiger partial charge in [-0.1, -0.05) is 24.3 Å². The summed E-state index contributed by atoms with van der Waals surface area (Å²) >= 11 is 1.75. The van der Waals surface area contributed by atoms with Crippen molar-refractivity contribution < 1.29 is 4.74 Å². The monoisotopic (exact) mass is 445 g/mol. The van der Waals surface area contributed by atoms with E-state index in [9.17, 15) is 0 Å². The molecule has 0 aliphatic carbocycles. The third kappa shape index (κ3) is 4.26. The highest BCUT2D eigenvalue weighted by atomic mass is 32.1. The van der Waals surface area contributed by atoms with E-state index in [1.165, 1.54) is 16.1 Å². The first-order valence-electron chi connectivity index (χ1n) is 11.0. The Kier molecular flexibility index (Phi) is 6.18.